The van der Waals surface area contributed by atoms with E-state index in [0.717, 1.165) is 156 Å². The number of para-hydroxylation sites is 1. The van der Waals surface area contributed by atoms with E-state index in [4.69, 9.17) is 8.83 Å². The SMILES string of the molecule is c1ccc(-c2ccc(N(c3ccc(-c4ccccc4)cc3)c3ccc(-c4ccc5c(c4)oc4c6ccc(N(c7ccc(-c8ccccc8)cc7)c7ccc(-c8ccccc8)cc7)cc6c6ccccc6c54)cc3)cc2)cc1.c1ccc(-c2ccc(N(c3ccc(-c4ccccc4)cc3)c3ccc(-c4ccc5c(c4)oc4c6ccc(N(c7ccccc7)c7cccc8ccccc78)cc6c6ccccc6c54)cc3)cc2)cc1. The molecule has 686 valence electrons. The second kappa shape index (κ2) is 38.0. The second-order valence-corrected chi connectivity index (χ2v) is 37.3. The highest BCUT2D eigenvalue weighted by Gasteiger charge is 2.26. The maximum Gasteiger partial charge on any atom is 0.143 e. The van der Waals surface area contributed by atoms with Crippen molar-refractivity contribution >= 4 is 166 Å². The quantitative estimate of drug-likeness (QED) is 0.0708. The molecule has 0 amide bonds. The van der Waals surface area contributed by atoms with Crippen molar-refractivity contribution in [1.29, 1.82) is 0 Å². The number of fused-ring (bicyclic) bond motifs is 17. The van der Waals surface area contributed by atoms with Crippen LogP contribution in [0.2, 0.25) is 0 Å². The molecule has 0 N–H and O–H groups in total. The van der Waals surface area contributed by atoms with Crippen LogP contribution in [0.3, 0.4) is 0 Å². The third-order valence-electron chi connectivity index (χ3n) is 28.7. The molecule has 2 heterocycles. The highest BCUT2D eigenvalue weighted by molar-refractivity contribution is 6.32. The molecule has 6 heteroatoms. The number of hydrogen-bond acceptors (Lipinski definition) is 6. The molecule has 0 aliphatic carbocycles. The lowest BCUT2D eigenvalue weighted by molar-refractivity contribution is 0.672. The molecule has 0 atom stereocenters. The van der Waals surface area contributed by atoms with Gasteiger partial charge in [0.15, 0.2) is 0 Å². The normalized spacial score (nSPS) is 11.4. The molecular weight excluding hydrogens is 1770 g/mol. The van der Waals surface area contributed by atoms with Crippen molar-refractivity contribution in [3.8, 4) is 89.0 Å². The van der Waals surface area contributed by atoms with Crippen LogP contribution in [-0.4, -0.2) is 0 Å². The Bertz CT molecular complexity index is 9190. The highest BCUT2D eigenvalue weighted by Crippen LogP contribution is 2.51. The minimum absolute atomic E-state index is 0.862. The fourth-order valence-electron chi connectivity index (χ4n) is 21.5. The number of rotatable bonds is 20. The summed E-state index contributed by atoms with van der Waals surface area (Å²) >= 11 is 0. The van der Waals surface area contributed by atoms with Gasteiger partial charge in [-0.3, -0.25) is 0 Å². The summed E-state index contributed by atoms with van der Waals surface area (Å²) in [6.45, 7) is 0. The number of hydrogen-bond donors (Lipinski definition) is 0. The summed E-state index contributed by atoms with van der Waals surface area (Å²) in [6, 6.07) is 205. The van der Waals surface area contributed by atoms with Gasteiger partial charge in [0, 0.05) is 100 Å². The van der Waals surface area contributed by atoms with Crippen molar-refractivity contribution in [1.82, 2.24) is 0 Å². The van der Waals surface area contributed by atoms with E-state index >= 15 is 0 Å². The standard InChI is InChI=1S/C74H50N2O.C66H44N2O/c1-5-15-51(16-6-1)55-25-36-61(37-26-55)75(62-38-27-56(28-39-62)52-17-7-2-8-18-52)63-44-33-59(34-45-63)60-35-47-70-72(49-60)77-74-69-48-46-66(50-71(69)67-23-13-14-24-68(67)73(70)74)76(64-40-29-57(30-41-64)53-19-9-3-10-20-53)65-42-31-58(32-43-65)54-21-11-4-12-22-54;1-4-15-45(16-5-1)47-27-34-53(35-28-47)67(54-36-29-48(30-37-54)46-17-6-2-7-18-46)55-38-31-49(32-39-55)51-33-41-61-64(43-51)69-66-60-42-40-56(44-62(60)58-24-12-13-25-59(58)65(61)66)68(52-21-8-3-9-22-52)63-26-14-20-50-19-10-11-23-57(50)63/h1-50H;1-44H. The Hall–Kier alpha value is -19.4. The van der Waals surface area contributed by atoms with Crippen LogP contribution in [0, 0.1) is 0 Å². The van der Waals surface area contributed by atoms with E-state index in [1.54, 1.807) is 0 Å². The van der Waals surface area contributed by atoms with Gasteiger partial charge in [0.2, 0.25) is 0 Å². The van der Waals surface area contributed by atoms with Gasteiger partial charge in [-0.15, -0.1) is 0 Å². The third-order valence-corrected chi connectivity index (χ3v) is 28.7. The molecule has 25 aromatic carbocycles. The zero-order valence-corrected chi connectivity index (χ0v) is 79.9. The first-order chi connectivity index (χ1) is 72.4. The maximum absolute atomic E-state index is 7.05. The van der Waals surface area contributed by atoms with Crippen molar-refractivity contribution < 1.29 is 8.83 Å². The Kier molecular flexibility index (Phi) is 22.6. The van der Waals surface area contributed by atoms with Crippen molar-refractivity contribution in [2.24, 2.45) is 0 Å². The van der Waals surface area contributed by atoms with Crippen LogP contribution >= 0.6 is 0 Å². The molecule has 0 spiro atoms. The van der Waals surface area contributed by atoms with Gasteiger partial charge >= 0.3 is 0 Å². The zero-order chi connectivity index (χ0) is 96.7. The van der Waals surface area contributed by atoms with E-state index in [9.17, 15) is 0 Å². The zero-order valence-electron chi connectivity index (χ0n) is 79.9. The monoisotopic (exact) mass is 1860 g/mol. The molecule has 0 aliphatic heterocycles. The lowest BCUT2D eigenvalue weighted by Gasteiger charge is -2.27. The summed E-state index contributed by atoms with van der Waals surface area (Å²) < 4.78 is 14.1. The van der Waals surface area contributed by atoms with Crippen LogP contribution in [0.4, 0.5) is 68.2 Å². The minimum atomic E-state index is 0.862. The molecule has 2 aromatic heterocycles. The first-order valence-electron chi connectivity index (χ1n) is 49.9. The fourth-order valence-corrected chi connectivity index (χ4v) is 21.5. The van der Waals surface area contributed by atoms with E-state index < -0.39 is 0 Å². The van der Waals surface area contributed by atoms with Gasteiger partial charge in [-0.2, -0.15) is 0 Å². The van der Waals surface area contributed by atoms with Gasteiger partial charge in [-0.25, -0.2) is 0 Å². The molecule has 0 saturated heterocycles. The Morgan fingerprint density at radius 3 is 0.637 bits per heavy atom. The van der Waals surface area contributed by atoms with Gasteiger partial charge in [-0.1, -0.05) is 394 Å². The number of anilines is 12. The van der Waals surface area contributed by atoms with Crippen LogP contribution in [0.1, 0.15) is 0 Å². The molecular formula is C140H94N4O2. The molecule has 27 aromatic rings. The second-order valence-electron chi connectivity index (χ2n) is 37.3. The van der Waals surface area contributed by atoms with Gasteiger partial charge in [0.25, 0.3) is 0 Å². The van der Waals surface area contributed by atoms with Crippen molar-refractivity contribution in [2.45, 2.75) is 0 Å². The fraction of sp³-hybridized carbons (Fsp3) is 0. The summed E-state index contributed by atoms with van der Waals surface area (Å²) in [6.07, 6.45) is 0. The van der Waals surface area contributed by atoms with E-state index in [-0.39, 0.29) is 0 Å². The molecule has 27 rings (SSSR count). The van der Waals surface area contributed by atoms with Crippen LogP contribution in [0.5, 0.6) is 0 Å². The van der Waals surface area contributed by atoms with Crippen molar-refractivity contribution in [3.63, 3.8) is 0 Å². The highest BCUT2D eigenvalue weighted by atomic mass is 16.3. The first kappa shape index (κ1) is 86.9. The van der Waals surface area contributed by atoms with Crippen LogP contribution < -0.4 is 19.6 Å². The molecule has 6 nitrogen and oxygen atoms in total. The summed E-state index contributed by atoms with van der Waals surface area (Å²) in [4.78, 5) is 9.40. The van der Waals surface area contributed by atoms with Crippen LogP contribution in [0.15, 0.2) is 579 Å². The Morgan fingerprint density at radius 1 is 0.116 bits per heavy atom. The summed E-state index contributed by atoms with van der Waals surface area (Å²) in [5.74, 6) is 0. The average Bonchev–Trinajstić information content (AvgIpc) is 1.56. The van der Waals surface area contributed by atoms with Gasteiger partial charge in [0.1, 0.15) is 22.3 Å². The largest absolute Gasteiger partial charge is 0.455 e. The molecule has 0 fully saturated rings. The van der Waals surface area contributed by atoms with Gasteiger partial charge < -0.3 is 28.4 Å². The van der Waals surface area contributed by atoms with Crippen LogP contribution in [0.25, 0.3) is 187 Å². The third kappa shape index (κ3) is 16.5. The van der Waals surface area contributed by atoms with Crippen molar-refractivity contribution in [3.05, 3.63) is 570 Å². The predicted octanol–water partition coefficient (Wildman–Crippen LogP) is 40.2. The number of furan rings is 2. The minimum Gasteiger partial charge on any atom is -0.455 e. The van der Waals surface area contributed by atoms with Crippen LogP contribution in [-0.2, 0) is 0 Å². The molecule has 0 bridgehead atoms. The van der Waals surface area contributed by atoms with Gasteiger partial charge in [0.05, 0.1) is 5.69 Å². The average molecular weight is 1860 g/mol. The first-order valence-corrected chi connectivity index (χ1v) is 49.9. The summed E-state index contributed by atoms with van der Waals surface area (Å²) in [7, 11) is 0. The summed E-state index contributed by atoms with van der Waals surface area (Å²) in [5, 5.41) is 16.1. The lowest BCUT2D eigenvalue weighted by atomic mass is 9.95. The number of nitrogens with zero attached hydrogens (tertiary/aromatic N) is 4. The molecule has 0 saturated carbocycles. The van der Waals surface area contributed by atoms with E-state index in [1.807, 2.05) is 0 Å². The van der Waals surface area contributed by atoms with E-state index in [0.29, 0.717) is 0 Å². The molecule has 0 radical (unpaired) electrons. The Balaban J connectivity index is 0.000000149. The smallest absolute Gasteiger partial charge is 0.143 e. The lowest BCUT2D eigenvalue weighted by Crippen LogP contribution is -2.10. The Morgan fingerprint density at radius 2 is 0.329 bits per heavy atom. The van der Waals surface area contributed by atoms with E-state index in [2.05, 4.69) is 590 Å². The maximum atomic E-state index is 7.05. The van der Waals surface area contributed by atoms with E-state index in [1.165, 1.54) is 99.1 Å². The number of benzene rings is 25. The molecule has 0 aliphatic rings. The summed E-state index contributed by atoms with van der Waals surface area (Å²) in [5.41, 5.74) is 35.3. The van der Waals surface area contributed by atoms with Crippen molar-refractivity contribution in [2.75, 3.05) is 19.6 Å². The molecule has 0 unspecified atom stereocenters. The Labute approximate surface area is 847 Å². The predicted molar refractivity (Wildman–Crippen MR) is 617 cm³/mol. The topological polar surface area (TPSA) is 39.2 Å². The van der Waals surface area contributed by atoms with Gasteiger partial charge in [-0.05, 0) is 303 Å². The molecule has 146 heavy (non-hydrogen) atoms.